The first-order chi connectivity index (χ1) is 15.4. The number of aromatic nitrogens is 2. The van der Waals surface area contributed by atoms with Gasteiger partial charge in [0.25, 0.3) is 5.91 Å². The highest BCUT2D eigenvalue weighted by molar-refractivity contribution is 7.80. The number of hydrogen-bond acceptors (Lipinski definition) is 4. The molecule has 1 amide bonds. The van der Waals surface area contributed by atoms with Gasteiger partial charge in [-0.15, -0.1) is 0 Å². The largest absolute Gasteiger partial charge is 0.496 e. The summed E-state index contributed by atoms with van der Waals surface area (Å²) >= 11 is 5.48. The van der Waals surface area contributed by atoms with Crippen LogP contribution in [0.5, 0.6) is 5.75 Å². The minimum absolute atomic E-state index is 0.137. The number of benzene rings is 2. The van der Waals surface area contributed by atoms with Gasteiger partial charge >= 0.3 is 0 Å². The van der Waals surface area contributed by atoms with Crippen LogP contribution in [0.1, 0.15) is 41.0 Å². The molecular formula is C25H26N4O2S. The molecule has 0 saturated carbocycles. The maximum Gasteiger partial charge on any atom is 0.277 e. The van der Waals surface area contributed by atoms with Gasteiger partial charge in [-0.3, -0.25) is 14.4 Å². The molecular weight excluding hydrogens is 420 g/mol. The average Bonchev–Trinajstić information content (AvgIpc) is 3.24. The first-order valence-corrected chi connectivity index (χ1v) is 10.9. The van der Waals surface area contributed by atoms with Crippen molar-refractivity contribution in [1.29, 1.82) is 0 Å². The maximum absolute atomic E-state index is 13.2. The van der Waals surface area contributed by atoms with Crippen molar-refractivity contribution in [2.24, 2.45) is 0 Å². The summed E-state index contributed by atoms with van der Waals surface area (Å²) in [6, 6.07) is 17.6. The van der Waals surface area contributed by atoms with Crippen LogP contribution in [0.2, 0.25) is 0 Å². The van der Waals surface area contributed by atoms with Crippen molar-refractivity contribution in [1.82, 2.24) is 20.0 Å². The number of carbonyl (C=O) groups is 1. The molecule has 32 heavy (non-hydrogen) atoms. The Bertz CT molecular complexity index is 1200. The van der Waals surface area contributed by atoms with Crippen molar-refractivity contribution in [3.8, 4) is 5.75 Å². The highest BCUT2D eigenvalue weighted by Crippen LogP contribution is 2.27. The van der Waals surface area contributed by atoms with E-state index in [0.717, 1.165) is 33.8 Å². The zero-order valence-corrected chi connectivity index (χ0v) is 19.4. The summed E-state index contributed by atoms with van der Waals surface area (Å²) in [5.41, 5.74) is 5.41. The third-order valence-electron chi connectivity index (χ3n) is 5.62. The summed E-state index contributed by atoms with van der Waals surface area (Å²) in [7, 11) is 1.65. The van der Waals surface area contributed by atoms with Gasteiger partial charge in [0.1, 0.15) is 11.4 Å². The summed E-state index contributed by atoms with van der Waals surface area (Å²) < 4.78 is 7.50. The summed E-state index contributed by atoms with van der Waals surface area (Å²) in [5, 5.41) is 8.04. The fourth-order valence-electron chi connectivity index (χ4n) is 3.96. The quantitative estimate of drug-likeness (QED) is 0.450. The number of nitrogens with zero attached hydrogens (tertiary/aromatic N) is 3. The number of ether oxygens (including phenoxy) is 1. The molecule has 1 fully saturated rings. The minimum atomic E-state index is -0.160. The molecule has 3 aromatic rings. The predicted octanol–water partition coefficient (Wildman–Crippen LogP) is 4.38. The number of nitrogens with one attached hydrogen (secondary N) is 1. The molecule has 2 heterocycles. The van der Waals surface area contributed by atoms with Crippen LogP contribution in [0.3, 0.4) is 0 Å². The molecule has 1 saturated heterocycles. The van der Waals surface area contributed by atoms with Crippen LogP contribution in [0.25, 0.3) is 6.08 Å². The number of rotatable bonds is 6. The molecule has 1 aromatic heterocycles. The van der Waals surface area contributed by atoms with Crippen LogP contribution in [0.15, 0.2) is 60.3 Å². The molecule has 164 valence electrons. The summed E-state index contributed by atoms with van der Waals surface area (Å²) in [5.74, 6) is 0.641. The third-order valence-corrected chi connectivity index (χ3v) is 5.92. The second-order valence-electron chi connectivity index (χ2n) is 7.91. The standard InChI is InChI=1S/C25H26N4O2S/c1-16-12-17(2)28(27-16)15-21-13-19(10-11-23(21)31-4)14-22-24(30)29(25(32)26-22)18(3)20-8-6-5-7-9-20/h5-14,18H,15H2,1-4H3,(H,26,32)/b22-14-. The molecule has 1 aliphatic heterocycles. The first kappa shape index (κ1) is 21.8. The predicted molar refractivity (Wildman–Crippen MR) is 129 cm³/mol. The van der Waals surface area contributed by atoms with Crippen molar-refractivity contribution in [3.05, 3.63) is 88.4 Å². The van der Waals surface area contributed by atoms with E-state index >= 15 is 0 Å². The third kappa shape index (κ3) is 4.29. The van der Waals surface area contributed by atoms with Crippen molar-refractivity contribution in [3.63, 3.8) is 0 Å². The molecule has 0 aliphatic carbocycles. The number of methoxy groups -OCH3 is 1. The number of thiocarbonyl (C=S) groups is 1. The van der Waals surface area contributed by atoms with E-state index in [1.165, 1.54) is 0 Å². The van der Waals surface area contributed by atoms with Crippen LogP contribution >= 0.6 is 12.2 Å². The molecule has 0 spiro atoms. The van der Waals surface area contributed by atoms with Gasteiger partial charge in [0, 0.05) is 11.3 Å². The van der Waals surface area contributed by atoms with E-state index in [1.807, 2.05) is 86.1 Å². The lowest BCUT2D eigenvalue weighted by atomic mass is 10.1. The Labute approximate surface area is 193 Å². The fourth-order valence-corrected chi connectivity index (χ4v) is 4.31. The monoisotopic (exact) mass is 446 g/mol. The van der Waals surface area contributed by atoms with Gasteiger partial charge in [-0.1, -0.05) is 36.4 Å². The van der Waals surface area contributed by atoms with E-state index in [0.29, 0.717) is 17.4 Å². The number of aryl methyl sites for hydroxylation is 2. The van der Waals surface area contributed by atoms with Crippen molar-refractivity contribution in [2.45, 2.75) is 33.4 Å². The highest BCUT2D eigenvalue weighted by Gasteiger charge is 2.34. The fraction of sp³-hybridized carbons (Fsp3) is 0.240. The topological polar surface area (TPSA) is 59.4 Å². The second-order valence-corrected chi connectivity index (χ2v) is 8.29. The van der Waals surface area contributed by atoms with E-state index < -0.39 is 0 Å². The minimum Gasteiger partial charge on any atom is -0.496 e. The van der Waals surface area contributed by atoms with Gasteiger partial charge in [0.2, 0.25) is 0 Å². The summed E-state index contributed by atoms with van der Waals surface area (Å²) in [6.07, 6.45) is 1.83. The van der Waals surface area contributed by atoms with Gasteiger partial charge in [0.05, 0.1) is 25.4 Å². The normalized spacial score (nSPS) is 15.9. The molecule has 0 bridgehead atoms. The lowest BCUT2D eigenvalue weighted by Gasteiger charge is -2.23. The molecule has 6 nitrogen and oxygen atoms in total. The smallest absolute Gasteiger partial charge is 0.277 e. The Morgan fingerprint density at radius 1 is 1.16 bits per heavy atom. The van der Waals surface area contributed by atoms with Crippen molar-refractivity contribution < 1.29 is 9.53 Å². The maximum atomic E-state index is 13.2. The number of hydrogen-bond donors (Lipinski definition) is 1. The molecule has 1 unspecified atom stereocenters. The van der Waals surface area contributed by atoms with Gasteiger partial charge in [-0.2, -0.15) is 5.10 Å². The Kier molecular flexibility index (Phi) is 6.10. The molecule has 1 atom stereocenters. The van der Waals surface area contributed by atoms with E-state index in [2.05, 4.69) is 10.4 Å². The lowest BCUT2D eigenvalue weighted by Crippen LogP contribution is -2.33. The zero-order chi connectivity index (χ0) is 22.8. The summed E-state index contributed by atoms with van der Waals surface area (Å²) in [4.78, 5) is 14.8. The van der Waals surface area contributed by atoms with E-state index in [4.69, 9.17) is 17.0 Å². The lowest BCUT2D eigenvalue weighted by molar-refractivity contribution is -0.123. The first-order valence-electron chi connectivity index (χ1n) is 10.5. The van der Waals surface area contributed by atoms with Gasteiger partial charge < -0.3 is 10.1 Å². The van der Waals surface area contributed by atoms with E-state index in [9.17, 15) is 4.79 Å². The van der Waals surface area contributed by atoms with Crippen LogP contribution in [-0.2, 0) is 11.3 Å². The molecule has 1 N–H and O–H groups in total. The van der Waals surface area contributed by atoms with Gasteiger partial charge in [-0.05, 0) is 68.4 Å². The Morgan fingerprint density at radius 2 is 1.91 bits per heavy atom. The summed E-state index contributed by atoms with van der Waals surface area (Å²) in [6.45, 7) is 6.56. The molecule has 2 aromatic carbocycles. The van der Waals surface area contributed by atoms with Gasteiger partial charge in [0.15, 0.2) is 5.11 Å². The van der Waals surface area contributed by atoms with Crippen LogP contribution in [0, 0.1) is 13.8 Å². The number of carbonyl (C=O) groups excluding carboxylic acids is 1. The van der Waals surface area contributed by atoms with E-state index in [1.54, 1.807) is 12.0 Å². The van der Waals surface area contributed by atoms with Crippen LogP contribution < -0.4 is 10.1 Å². The van der Waals surface area contributed by atoms with Crippen LogP contribution in [0.4, 0.5) is 0 Å². The Morgan fingerprint density at radius 3 is 2.56 bits per heavy atom. The molecule has 1 aliphatic rings. The molecule has 4 rings (SSSR count). The van der Waals surface area contributed by atoms with Gasteiger partial charge in [-0.25, -0.2) is 0 Å². The van der Waals surface area contributed by atoms with Crippen molar-refractivity contribution >= 4 is 29.3 Å². The second kappa shape index (κ2) is 8.96. The average molecular weight is 447 g/mol. The number of amides is 1. The van der Waals surface area contributed by atoms with Crippen LogP contribution in [-0.4, -0.2) is 32.8 Å². The Hall–Kier alpha value is -3.45. The highest BCUT2D eigenvalue weighted by atomic mass is 32.1. The van der Waals surface area contributed by atoms with Crippen molar-refractivity contribution in [2.75, 3.05) is 7.11 Å². The molecule has 0 radical (unpaired) electrons. The SMILES string of the molecule is COc1ccc(/C=C2\NC(=S)N(C(C)c3ccccc3)C2=O)cc1Cn1nc(C)cc1C. The molecule has 7 heteroatoms. The van der Waals surface area contributed by atoms with E-state index in [-0.39, 0.29) is 11.9 Å². The Balaban J connectivity index is 1.61. The zero-order valence-electron chi connectivity index (χ0n) is 18.6.